The lowest BCUT2D eigenvalue weighted by Gasteiger charge is -1.91. The average Bonchev–Trinajstić information content (AvgIpc) is 1.93. The van der Waals surface area contributed by atoms with Crippen LogP contribution in [0.2, 0.25) is 0 Å². The number of hydrogen-bond acceptors (Lipinski definition) is 1. The molecule has 1 rings (SSSR count). The number of aromatic amines is 1. The number of nitrogens with one attached hydrogen (secondary N) is 1. The summed E-state index contributed by atoms with van der Waals surface area (Å²) in [4.78, 5) is 1.73. The zero-order valence-electron chi connectivity index (χ0n) is 4.62. The predicted octanol–water partition coefficient (Wildman–Crippen LogP) is 2.16. The second-order valence-corrected chi connectivity index (χ2v) is 2.00. The Balaban J connectivity index is 3.50. The standard InChI is InChI=1S/C5H2F3NS/c6-2-1-9-5(8)3(7)4(2)10/h1H,(H,9,10). The molecule has 0 radical (unpaired) electrons. The minimum absolute atomic E-state index is 0.667. The van der Waals surface area contributed by atoms with Crippen molar-refractivity contribution in [2.45, 2.75) is 0 Å². The summed E-state index contributed by atoms with van der Waals surface area (Å²) in [5.41, 5.74) is 0. The summed E-state index contributed by atoms with van der Waals surface area (Å²) in [6.07, 6.45) is 0.667. The predicted molar refractivity (Wildman–Crippen MR) is 31.5 cm³/mol. The van der Waals surface area contributed by atoms with Crippen LogP contribution in [0.4, 0.5) is 13.2 Å². The van der Waals surface area contributed by atoms with Gasteiger partial charge in [-0.15, -0.1) is 0 Å². The zero-order chi connectivity index (χ0) is 7.72. The maximum Gasteiger partial charge on any atom is 0.228 e. The average molecular weight is 165 g/mol. The van der Waals surface area contributed by atoms with Crippen LogP contribution in [0.1, 0.15) is 0 Å². The second-order valence-electron chi connectivity index (χ2n) is 1.59. The molecule has 10 heavy (non-hydrogen) atoms. The molecule has 1 aromatic heterocycles. The molecule has 0 bridgehead atoms. The van der Waals surface area contributed by atoms with Gasteiger partial charge in [0, 0.05) is 6.20 Å². The molecule has 54 valence electrons. The Morgan fingerprint density at radius 2 is 1.90 bits per heavy atom. The Morgan fingerprint density at radius 1 is 1.30 bits per heavy atom. The minimum Gasteiger partial charge on any atom is -0.333 e. The molecule has 0 fully saturated rings. The summed E-state index contributed by atoms with van der Waals surface area (Å²) >= 11 is 4.17. The van der Waals surface area contributed by atoms with E-state index in [1.807, 2.05) is 0 Å². The third-order valence-corrected chi connectivity index (χ3v) is 1.31. The molecule has 5 heteroatoms. The van der Waals surface area contributed by atoms with Gasteiger partial charge in [0.2, 0.25) is 5.95 Å². The maximum absolute atomic E-state index is 12.2. The van der Waals surface area contributed by atoms with E-state index in [0.29, 0.717) is 6.20 Å². The van der Waals surface area contributed by atoms with Crippen LogP contribution in [0.25, 0.3) is 0 Å². The van der Waals surface area contributed by atoms with E-state index in [1.54, 1.807) is 4.98 Å². The van der Waals surface area contributed by atoms with Gasteiger partial charge in [-0.2, -0.15) is 4.39 Å². The first-order chi connectivity index (χ1) is 4.63. The quantitative estimate of drug-likeness (QED) is 0.460. The van der Waals surface area contributed by atoms with Crippen LogP contribution in [-0.4, -0.2) is 4.98 Å². The Bertz CT molecular complexity index is 306. The Kier molecular flexibility index (Phi) is 1.76. The summed E-state index contributed by atoms with van der Waals surface area (Å²) in [5, 5.41) is 0. The highest BCUT2D eigenvalue weighted by Crippen LogP contribution is 2.06. The van der Waals surface area contributed by atoms with Crippen molar-refractivity contribution in [1.29, 1.82) is 0 Å². The molecule has 0 aliphatic heterocycles. The van der Waals surface area contributed by atoms with Crippen LogP contribution in [0.5, 0.6) is 0 Å². The number of halogens is 3. The lowest BCUT2D eigenvalue weighted by atomic mass is 10.4. The molecule has 1 aromatic rings. The van der Waals surface area contributed by atoms with Crippen molar-refractivity contribution in [2.75, 3.05) is 0 Å². The fourth-order valence-electron chi connectivity index (χ4n) is 0.460. The number of rotatable bonds is 0. The fourth-order valence-corrected chi connectivity index (χ4v) is 0.609. The van der Waals surface area contributed by atoms with E-state index in [4.69, 9.17) is 0 Å². The van der Waals surface area contributed by atoms with Crippen molar-refractivity contribution >= 4 is 12.2 Å². The van der Waals surface area contributed by atoms with E-state index in [0.717, 1.165) is 0 Å². The van der Waals surface area contributed by atoms with Crippen LogP contribution >= 0.6 is 12.2 Å². The van der Waals surface area contributed by atoms with Gasteiger partial charge >= 0.3 is 0 Å². The van der Waals surface area contributed by atoms with Crippen molar-refractivity contribution in [2.24, 2.45) is 0 Å². The van der Waals surface area contributed by atoms with Crippen LogP contribution in [-0.2, 0) is 0 Å². The van der Waals surface area contributed by atoms with E-state index < -0.39 is 22.1 Å². The molecular weight excluding hydrogens is 163 g/mol. The first-order valence-corrected chi connectivity index (χ1v) is 2.76. The molecule has 0 amide bonds. The van der Waals surface area contributed by atoms with Crippen LogP contribution in [0.3, 0.4) is 0 Å². The van der Waals surface area contributed by atoms with E-state index in [-0.39, 0.29) is 0 Å². The van der Waals surface area contributed by atoms with Crippen LogP contribution in [0, 0.1) is 22.1 Å². The van der Waals surface area contributed by atoms with E-state index in [1.165, 1.54) is 0 Å². The van der Waals surface area contributed by atoms with Crippen molar-refractivity contribution in [1.82, 2.24) is 4.98 Å². The van der Waals surface area contributed by atoms with Gasteiger partial charge in [0.1, 0.15) is 4.51 Å². The van der Waals surface area contributed by atoms with Gasteiger partial charge in [0.25, 0.3) is 0 Å². The monoisotopic (exact) mass is 165 g/mol. The summed E-state index contributed by atoms with van der Waals surface area (Å²) in [7, 11) is 0. The van der Waals surface area contributed by atoms with Gasteiger partial charge in [0.15, 0.2) is 11.6 Å². The first kappa shape index (κ1) is 7.27. The lowest BCUT2D eigenvalue weighted by Crippen LogP contribution is -1.92. The van der Waals surface area contributed by atoms with Gasteiger partial charge in [-0.3, -0.25) is 0 Å². The third-order valence-electron chi connectivity index (χ3n) is 0.935. The molecule has 0 aromatic carbocycles. The molecule has 1 nitrogen and oxygen atoms in total. The molecule has 0 saturated carbocycles. The topological polar surface area (TPSA) is 15.8 Å². The van der Waals surface area contributed by atoms with E-state index >= 15 is 0 Å². The summed E-state index contributed by atoms with van der Waals surface area (Å²) < 4.78 is 35.8. The molecular formula is C5H2F3NS. The lowest BCUT2D eigenvalue weighted by molar-refractivity contribution is 0.460. The Morgan fingerprint density at radius 3 is 2.40 bits per heavy atom. The molecule has 0 saturated heterocycles. The smallest absolute Gasteiger partial charge is 0.228 e. The summed E-state index contributed by atoms with van der Waals surface area (Å²) in [5.74, 6) is -3.56. The van der Waals surface area contributed by atoms with Crippen molar-refractivity contribution in [3.63, 3.8) is 0 Å². The molecule has 0 aliphatic rings. The Hall–Kier alpha value is -0.840. The third kappa shape index (κ3) is 1.04. The molecule has 0 aliphatic carbocycles. The minimum atomic E-state index is -1.35. The number of pyridine rings is 1. The SMILES string of the molecule is Fc1[nH]cc(F)c(=S)c1F. The summed E-state index contributed by atoms with van der Waals surface area (Å²) in [6, 6.07) is 0. The van der Waals surface area contributed by atoms with E-state index in [9.17, 15) is 13.2 Å². The van der Waals surface area contributed by atoms with Crippen LogP contribution in [0.15, 0.2) is 6.20 Å². The molecule has 0 atom stereocenters. The molecule has 1 N–H and O–H groups in total. The summed E-state index contributed by atoms with van der Waals surface area (Å²) in [6.45, 7) is 0. The first-order valence-electron chi connectivity index (χ1n) is 2.35. The fraction of sp³-hybridized carbons (Fsp3) is 0. The number of hydrogen-bond donors (Lipinski definition) is 1. The van der Waals surface area contributed by atoms with Gasteiger partial charge < -0.3 is 4.98 Å². The second kappa shape index (κ2) is 2.42. The van der Waals surface area contributed by atoms with Gasteiger partial charge in [0.05, 0.1) is 0 Å². The van der Waals surface area contributed by atoms with Crippen molar-refractivity contribution in [3.05, 3.63) is 28.3 Å². The maximum atomic E-state index is 12.2. The van der Waals surface area contributed by atoms with E-state index in [2.05, 4.69) is 12.2 Å². The molecule has 0 spiro atoms. The highest BCUT2D eigenvalue weighted by molar-refractivity contribution is 7.71. The largest absolute Gasteiger partial charge is 0.333 e. The highest BCUT2D eigenvalue weighted by atomic mass is 32.1. The number of aromatic nitrogens is 1. The van der Waals surface area contributed by atoms with Gasteiger partial charge in [-0.05, 0) is 0 Å². The Labute approximate surface area is 59.5 Å². The molecule has 1 heterocycles. The van der Waals surface area contributed by atoms with Gasteiger partial charge in [-0.1, -0.05) is 12.2 Å². The zero-order valence-corrected chi connectivity index (χ0v) is 5.44. The number of H-pyrrole nitrogens is 1. The highest BCUT2D eigenvalue weighted by Gasteiger charge is 2.05. The normalized spacial score (nSPS) is 9.90. The van der Waals surface area contributed by atoms with Crippen LogP contribution < -0.4 is 0 Å². The molecule has 0 unspecified atom stereocenters. The van der Waals surface area contributed by atoms with Crippen molar-refractivity contribution in [3.8, 4) is 0 Å². The van der Waals surface area contributed by atoms with Crippen molar-refractivity contribution < 1.29 is 13.2 Å². The van der Waals surface area contributed by atoms with Gasteiger partial charge in [-0.25, -0.2) is 8.78 Å².